The monoisotopic (exact) mass is 221 g/mol. The average Bonchev–Trinajstić information content (AvgIpc) is 2.68. The summed E-state index contributed by atoms with van der Waals surface area (Å²) >= 11 is 0. The van der Waals surface area contributed by atoms with Gasteiger partial charge in [-0.05, 0) is 52.1 Å². The summed E-state index contributed by atoms with van der Waals surface area (Å²) in [6.07, 6.45) is 4.40. The first-order valence-electron chi connectivity index (χ1n) is 6.24. The van der Waals surface area contributed by atoms with Crippen LogP contribution in [-0.4, -0.2) is 27.2 Å². The maximum Gasteiger partial charge on any atom is 0.0524 e. The summed E-state index contributed by atoms with van der Waals surface area (Å²) < 4.78 is 0. The number of hydrogen-bond donors (Lipinski definition) is 1. The molecule has 0 saturated carbocycles. The second-order valence-corrected chi connectivity index (χ2v) is 6.02. The van der Waals surface area contributed by atoms with E-state index in [1.165, 1.54) is 25.1 Å². The topological polar surface area (TPSA) is 31.9 Å². The fraction of sp³-hybridized carbons (Fsp3) is 0.769. The van der Waals surface area contributed by atoms with Crippen LogP contribution in [0.15, 0.2) is 12.3 Å². The van der Waals surface area contributed by atoms with Crippen molar-refractivity contribution in [3.05, 3.63) is 18.0 Å². The average molecular weight is 221 g/mol. The largest absolute Gasteiger partial charge is 0.290 e. The smallest absolute Gasteiger partial charge is 0.0524 e. The van der Waals surface area contributed by atoms with Gasteiger partial charge >= 0.3 is 0 Å². The Balaban J connectivity index is 2.23. The third-order valence-electron chi connectivity index (χ3n) is 3.61. The quantitative estimate of drug-likeness (QED) is 0.790. The lowest BCUT2D eigenvalue weighted by molar-refractivity contribution is 0.0305. The zero-order valence-corrected chi connectivity index (χ0v) is 10.8. The molecule has 1 N–H and O–H groups in total. The van der Waals surface area contributed by atoms with Crippen molar-refractivity contribution in [1.82, 2.24) is 15.1 Å². The van der Waals surface area contributed by atoms with E-state index in [0.717, 1.165) is 5.92 Å². The first-order valence-corrected chi connectivity index (χ1v) is 6.24. The number of hydrogen-bond acceptors (Lipinski definition) is 2. The molecule has 3 heteroatoms. The maximum atomic E-state index is 4.09. The van der Waals surface area contributed by atoms with Gasteiger partial charge in [-0.3, -0.25) is 10.00 Å². The molecule has 0 radical (unpaired) electrons. The Bertz CT molecular complexity index is 323. The number of nitrogens with one attached hydrogen (secondary N) is 1. The third-order valence-corrected chi connectivity index (χ3v) is 3.61. The van der Waals surface area contributed by atoms with Gasteiger partial charge in [-0.2, -0.15) is 5.10 Å². The minimum atomic E-state index is 0.232. The molecule has 0 amide bonds. The molecule has 2 rings (SSSR count). The lowest BCUT2D eigenvalue weighted by Gasteiger charge is -2.46. The molecule has 1 aromatic heterocycles. The lowest BCUT2D eigenvalue weighted by atomic mass is 9.87. The van der Waals surface area contributed by atoms with Gasteiger partial charge in [0.05, 0.1) is 11.7 Å². The van der Waals surface area contributed by atoms with Crippen LogP contribution in [0.5, 0.6) is 0 Å². The Morgan fingerprint density at radius 1 is 1.44 bits per heavy atom. The first-order chi connectivity index (χ1) is 7.48. The van der Waals surface area contributed by atoms with E-state index in [9.17, 15) is 0 Å². The minimum absolute atomic E-state index is 0.232. The van der Waals surface area contributed by atoms with Crippen LogP contribution in [0.2, 0.25) is 0 Å². The Morgan fingerprint density at radius 3 is 2.75 bits per heavy atom. The first kappa shape index (κ1) is 11.6. The summed E-state index contributed by atoms with van der Waals surface area (Å²) in [5, 5.41) is 7.23. The molecule has 1 fully saturated rings. The molecular formula is C13H23N3. The normalized spacial score (nSPS) is 28.2. The Labute approximate surface area is 98.2 Å². The molecule has 1 unspecified atom stereocenters. The molecule has 2 heterocycles. The summed E-state index contributed by atoms with van der Waals surface area (Å²) in [7, 11) is 0. The van der Waals surface area contributed by atoms with Crippen LogP contribution >= 0.6 is 0 Å². The van der Waals surface area contributed by atoms with E-state index in [1.54, 1.807) is 0 Å². The molecule has 0 aliphatic carbocycles. The molecule has 3 nitrogen and oxygen atoms in total. The predicted molar refractivity (Wildman–Crippen MR) is 66.2 cm³/mol. The number of H-pyrrole nitrogens is 1. The van der Waals surface area contributed by atoms with Gasteiger partial charge in [-0.1, -0.05) is 6.92 Å². The second kappa shape index (κ2) is 4.21. The number of aromatic nitrogens is 2. The number of piperidine rings is 1. The van der Waals surface area contributed by atoms with Crippen LogP contribution in [0.25, 0.3) is 0 Å². The van der Waals surface area contributed by atoms with E-state index in [2.05, 4.69) is 48.9 Å². The van der Waals surface area contributed by atoms with Crippen LogP contribution < -0.4 is 0 Å². The molecule has 1 aliphatic heterocycles. The van der Waals surface area contributed by atoms with Crippen LogP contribution in [0.4, 0.5) is 0 Å². The number of aromatic amines is 1. The number of nitrogens with zero attached hydrogens (tertiary/aromatic N) is 2. The van der Waals surface area contributed by atoms with E-state index < -0.39 is 0 Å². The number of likely N-dealkylation sites (tertiary alicyclic amines) is 1. The van der Waals surface area contributed by atoms with Crippen LogP contribution in [0.1, 0.15) is 52.3 Å². The van der Waals surface area contributed by atoms with Gasteiger partial charge in [-0.25, -0.2) is 0 Å². The van der Waals surface area contributed by atoms with Crippen molar-refractivity contribution in [2.75, 3.05) is 6.54 Å². The zero-order valence-electron chi connectivity index (χ0n) is 10.8. The van der Waals surface area contributed by atoms with Crippen molar-refractivity contribution in [3.63, 3.8) is 0 Å². The Kier molecular flexibility index (Phi) is 3.06. The number of rotatable bonds is 1. The molecule has 90 valence electrons. The summed E-state index contributed by atoms with van der Waals surface area (Å²) in [5.41, 5.74) is 1.50. The molecule has 2 atom stereocenters. The standard InChI is InChI=1S/C13H23N3/c1-10-6-8-16(13(2,3)4)12(9-10)11-5-7-14-15-11/h5,7,10,12H,6,8-9H2,1-4H3,(H,14,15)/t10-,12?/m0/s1. The highest BCUT2D eigenvalue weighted by atomic mass is 15.2. The van der Waals surface area contributed by atoms with E-state index in [0.29, 0.717) is 6.04 Å². The van der Waals surface area contributed by atoms with E-state index in [1.807, 2.05) is 6.20 Å². The van der Waals surface area contributed by atoms with Gasteiger partial charge in [0.2, 0.25) is 0 Å². The third kappa shape index (κ3) is 2.29. The minimum Gasteiger partial charge on any atom is -0.290 e. The van der Waals surface area contributed by atoms with Gasteiger partial charge in [0, 0.05) is 11.7 Å². The van der Waals surface area contributed by atoms with Crippen LogP contribution in [0.3, 0.4) is 0 Å². The molecule has 1 aromatic rings. The summed E-state index contributed by atoms with van der Waals surface area (Å²) in [4.78, 5) is 2.60. The summed E-state index contributed by atoms with van der Waals surface area (Å²) in [6.45, 7) is 10.4. The zero-order chi connectivity index (χ0) is 11.8. The van der Waals surface area contributed by atoms with Crippen LogP contribution in [0, 0.1) is 5.92 Å². The van der Waals surface area contributed by atoms with Crippen molar-refractivity contribution in [2.24, 2.45) is 5.92 Å². The molecule has 0 bridgehead atoms. The Morgan fingerprint density at radius 2 is 2.19 bits per heavy atom. The van der Waals surface area contributed by atoms with E-state index in [4.69, 9.17) is 0 Å². The van der Waals surface area contributed by atoms with Gasteiger partial charge in [-0.15, -0.1) is 0 Å². The second-order valence-electron chi connectivity index (χ2n) is 6.02. The molecule has 1 aliphatic rings. The summed E-state index contributed by atoms with van der Waals surface area (Å²) in [5.74, 6) is 0.812. The van der Waals surface area contributed by atoms with Crippen molar-refractivity contribution >= 4 is 0 Å². The fourth-order valence-electron chi connectivity index (χ4n) is 2.69. The van der Waals surface area contributed by atoms with Gasteiger partial charge in [0.25, 0.3) is 0 Å². The van der Waals surface area contributed by atoms with E-state index in [-0.39, 0.29) is 5.54 Å². The van der Waals surface area contributed by atoms with Crippen molar-refractivity contribution in [3.8, 4) is 0 Å². The predicted octanol–water partition coefficient (Wildman–Crippen LogP) is 2.98. The van der Waals surface area contributed by atoms with Crippen molar-refractivity contribution in [2.45, 2.75) is 52.1 Å². The fourth-order valence-corrected chi connectivity index (χ4v) is 2.69. The molecule has 0 aromatic carbocycles. The van der Waals surface area contributed by atoms with Crippen LogP contribution in [-0.2, 0) is 0 Å². The van der Waals surface area contributed by atoms with Gasteiger partial charge in [0.15, 0.2) is 0 Å². The Hall–Kier alpha value is -0.830. The highest BCUT2D eigenvalue weighted by Crippen LogP contribution is 2.37. The SMILES string of the molecule is C[C@H]1CCN(C(C)(C)C)C(c2ccn[nH]2)C1. The highest BCUT2D eigenvalue weighted by molar-refractivity contribution is 5.08. The lowest BCUT2D eigenvalue weighted by Crippen LogP contribution is -2.47. The highest BCUT2D eigenvalue weighted by Gasteiger charge is 2.34. The molecule has 1 saturated heterocycles. The van der Waals surface area contributed by atoms with Crippen molar-refractivity contribution < 1.29 is 0 Å². The van der Waals surface area contributed by atoms with Gasteiger partial charge < -0.3 is 0 Å². The molecular weight excluding hydrogens is 198 g/mol. The van der Waals surface area contributed by atoms with Gasteiger partial charge in [0.1, 0.15) is 0 Å². The molecule has 0 spiro atoms. The maximum absolute atomic E-state index is 4.09. The molecule has 16 heavy (non-hydrogen) atoms. The van der Waals surface area contributed by atoms with E-state index >= 15 is 0 Å². The van der Waals surface area contributed by atoms with Crippen molar-refractivity contribution in [1.29, 1.82) is 0 Å². The summed E-state index contributed by atoms with van der Waals surface area (Å²) in [6, 6.07) is 2.62.